The van der Waals surface area contributed by atoms with E-state index >= 15 is 0 Å². The van der Waals surface area contributed by atoms with Crippen molar-refractivity contribution in [1.29, 1.82) is 0 Å². The minimum absolute atomic E-state index is 0.535. The van der Waals surface area contributed by atoms with Crippen molar-refractivity contribution in [3.05, 3.63) is 48.2 Å². The first kappa shape index (κ1) is 16.0. The smallest absolute Gasteiger partial charge is 0.171 e. The Morgan fingerprint density at radius 3 is 2.41 bits per heavy atom. The summed E-state index contributed by atoms with van der Waals surface area (Å²) in [5.74, 6) is 2.34. The molecule has 0 aliphatic heterocycles. The van der Waals surface area contributed by atoms with Crippen LogP contribution in [0.3, 0.4) is 0 Å². The molecule has 0 atom stereocenters. The highest BCUT2D eigenvalue weighted by Gasteiger charge is 2.09. The third-order valence-electron chi connectivity index (χ3n) is 3.10. The SMILES string of the molecule is COc1cccc(OC)c1CCNC(=S)Nc1ccccn1. The number of rotatable bonds is 6. The van der Waals surface area contributed by atoms with Crippen LogP contribution in [0.4, 0.5) is 5.82 Å². The van der Waals surface area contributed by atoms with Crippen LogP contribution in [0.2, 0.25) is 0 Å². The van der Waals surface area contributed by atoms with Gasteiger partial charge >= 0.3 is 0 Å². The van der Waals surface area contributed by atoms with Crippen LogP contribution < -0.4 is 20.1 Å². The predicted octanol–water partition coefficient (Wildman–Crippen LogP) is 2.63. The quantitative estimate of drug-likeness (QED) is 0.799. The molecule has 6 heteroatoms. The van der Waals surface area contributed by atoms with Crippen LogP contribution in [0.1, 0.15) is 5.56 Å². The van der Waals surface area contributed by atoms with Crippen molar-refractivity contribution in [2.24, 2.45) is 0 Å². The van der Waals surface area contributed by atoms with Gasteiger partial charge in [-0.25, -0.2) is 4.98 Å². The first-order valence-electron chi connectivity index (χ1n) is 6.90. The number of hydrogen-bond acceptors (Lipinski definition) is 4. The van der Waals surface area contributed by atoms with Crippen molar-refractivity contribution in [1.82, 2.24) is 10.3 Å². The van der Waals surface area contributed by atoms with E-state index in [2.05, 4.69) is 15.6 Å². The Labute approximate surface area is 135 Å². The second-order valence-electron chi connectivity index (χ2n) is 4.49. The highest BCUT2D eigenvalue weighted by molar-refractivity contribution is 7.80. The van der Waals surface area contributed by atoms with Crippen molar-refractivity contribution in [2.45, 2.75) is 6.42 Å². The zero-order valence-corrected chi connectivity index (χ0v) is 13.4. The average Bonchev–Trinajstić information content (AvgIpc) is 2.55. The number of thiocarbonyl (C=S) groups is 1. The van der Waals surface area contributed by atoms with E-state index in [1.807, 2.05) is 36.4 Å². The van der Waals surface area contributed by atoms with Gasteiger partial charge in [-0.3, -0.25) is 0 Å². The minimum Gasteiger partial charge on any atom is -0.496 e. The summed E-state index contributed by atoms with van der Waals surface area (Å²) in [6.45, 7) is 0.662. The van der Waals surface area contributed by atoms with Crippen molar-refractivity contribution in [3.8, 4) is 11.5 Å². The molecule has 0 saturated heterocycles. The van der Waals surface area contributed by atoms with Crippen molar-refractivity contribution < 1.29 is 9.47 Å². The van der Waals surface area contributed by atoms with Gasteiger partial charge in [0.2, 0.25) is 0 Å². The largest absolute Gasteiger partial charge is 0.496 e. The van der Waals surface area contributed by atoms with Crippen LogP contribution in [0.25, 0.3) is 0 Å². The zero-order chi connectivity index (χ0) is 15.8. The molecule has 0 unspecified atom stereocenters. The fourth-order valence-corrected chi connectivity index (χ4v) is 2.28. The molecule has 0 bridgehead atoms. The highest BCUT2D eigenvalue weighted by Crippen LogP contribution is 2.28. The number of hydrogen-bond donors (Lipinski definition) is 2. The molecule has 0 fully saturated rings. The molecule has 0 amide bonds. The van der Waals surface area contributed by atoms with Crippen LogP contribution in [-0.4, -0.2) is 30.9 Å². The third-order valence-corrected chi connectivity index (χ3v) is 3.34. The number of nitrogens with zero attached hydrogens (tertiary/aromatic N) is 1. The van der Waals surface area contributed by atoms with Gasteiger partial charge in [0.05, 0.1) is 14.2 Å². The van der Waals surface area contributed by atoms with E-state index in [-0.39, 0.29) is 0 Å². The van der Waals surface area contributed by atoms with Gasteiger partial charge in [0.1, 0.15) is 17.3 Å². The topological polar surface area (TPSA) is 55.4 Å². The summed E-state index contributed by atoms with van der Waals surface area (Å²) in [5, 5.41) is 6.72. The molecule has 1 aromatic carbocycles. The third kappa shape index (κ3) is 4.33. The lowest BCUT2D eigenvalue weighted by Crippen LogP contribution is -2.30. The maximum Gasteiger partial charge on any atom is 0.171 e. The average molecular weight is 317 g/mol. The summed E-state index contributed by atoms with van der Waals surface area (Å²) in [7, 11) is 3.30. The zero-order valence-electron chi connectivity index (χ0n) is 12.6. The Bertz CT molecular complexity index is 598. The first-order chi connectivity index (χ1) is 10.7. The molecular weight excluding hydrogens is 298 g/mol. The van der Waals surface area contributed by atoms with Gasteiger partial charge in [-0.05, 0) is 42.9 Å². The van der Waals surface area contributed by atoms with E-state index in [9.17, 15) is 0 Å². The molecule has 2 aromatic rings. The number of pyridine rings is 1. The Hall–Kier alpha value is -2.34. The van der Waals surface area contributed by atoms with Gasteiger partial charge in [0.25, 0.3) is 0 Å². The lowest BCUT2D eigenvalue weighted by atomic mass is 10.1. The molecule has 2 N–H and O–H groups in total. The van der Waals surface area contributed by atoms with Gasteiger partial charge in [0, 0.05) is 18.3 Å². The fourth-order valence-electron chi connectivity index (χ4n) is 2.07. The molecule has 0 aliphatic carbocycles. The van der Waals surface area contributed by atoms with Crippen molar-refractivity contribution >= 4 is 23.1 Å². The number of benzene rings is 1. The van der Waals surface area contributed by atoms with E-state index in [1.165, 1.54) is 0 Å². The molecule has 1 heterocycles. The summed E-state index contributed by atoms with van der Waals surface area (Å²) in [4.78, 5) is 4.16. The fraction of sp³-hybridized carbons (Fsp3) is 0.250. The number of ether oxygens (including phenoxy) is 2. The Balaban J connectivity index is 1.90. The van der Waals surface area contributed by atoms with E-state index < -0.39 is 0 Å². The standard InChI is InChI=1S/C16H19N3O2S/c1-20-13-6-5-7-14(21-2)12(13)9-11-18-16(22)19-15-8-3-4-10-17-15/h3-8,10H,9,11H2,1-2H3,(H2,17,18,19,22). The maximum atomic E-state index is 5.37. The Morgan fingerprint density at radius 1 is 1.09 bits per heavy atom. The molecule has 0 spiro atoms. The second-order valence-corrected chi connectivity index (χ2v) is 4.90. The van der Waals surface area contributed by atoms with Crippen LogP contribution in [0, 0.1) is 0 Å². The molecule has 5 nitrogen and oxygen atoms in total. The normalized spacial score (nSPS) is 9.91. The van der Waals surface area contributed by atoms with Crippen LogP contribution in [-0.2, 0) is 6.42 Å². The molecule has 116 valence electrons. The Kier molecular flexibility index (Phi) is 5.97. The summed E-state index contributed by atoms with van der Waals surface area (Å²) in [6.07, 6.45) is 2.45. The number of anilines is 1. The summed E-state index contributed by atoms with van der Waals surface area (Å²) in [6, 6.07) is 11.4. The summed E-state index contributed by atoms with van der Waals surface area (Å²) in [5.41, 5.74) is 1.01. The number of methoxy groups -OCH3 is 2. The minimum atomic E-state index is 0.535. The van der Waals surface area contributed by atoms with E-state index in [4.69, 9.17) is 21.7 Å². The molecule has 0 saturated carbocycles. The van der Waals surface area contributed by atoms with Crippen LogP contribution >= 0.6 is 12.2 Å². The van der Waals surface area contributed by atoms with Crippen molar-refractivity contribution in [2.75, 3.05) is 26.1 Å². The lowest BCUT2D eigenvalue weighted by molar-refractivity contribution is 0.385. The lowest BCUT2D eigenvalue weighted by Gasteiger charge is -2.14. The molecule has 1 aromatic heterocycles. The van der Waals surface area contributed by atoms with Gasteiger partial charge in [0.15, 0.2) is 5.11 Å². The molecule has 22 heavy (non-hydrogen) atoms. The van der Waals surface area contributed by atoms with Gasteiger partial charge in [-0.15, -0.1) is 0 Å². The Morgan fingerprint density at radius 2 is 1.82 bits per heavy atom. The van der Waals surface area contributed by atoms with Gasteiger partial charge in [-0.2, -0.15) is 0 Å². The molecule has 0 radical (unpaired) electrons. The molecular formula is C16H19N3O2S. The molecule has 2 rings (SSSR count). The maximum absolute atomic E-state index is 5.37. The number of aromatic nitrogens is 1. The first-order valence-corrected chi connectivity index (χ1v) is 7.31. The summed E-state index contributed by atoms with van der Waals surface area (Å²) >= 11 is 5.25. The number of nitrogens with one attached hydrogen (secondary N) is 2. The predicted molar refractivity (Wildman–Crippen MR) is 91.7 cm³/mol. The van der Waals surface area contributed by atoms with Gasteiger partial charge in [-0.1, -0.05) is 12.1 Å². The van der Waals surface area contributed by atoms with Crippen molar-refractivity contribution in [3.63, 3.8) is 0 Å². The molecule has 0 aliphatic rings. The van der Waals surface area contributed by atoms with Crippen LogP contribution in [0.5, 0.6) is 11.5 Å². The van der Waals surface area contributed by atoms with Gasteiger partial charge < -0.3 is 20.1 Å². The van der Waals surface area contributed by atoms with E-state index in [1.54, 1.807) is 20.4 Å². The van der Waals surface area contributed by atoms with Crippen LogP contribution in [0.15, 0.2) is 42.6 Å². The second kappa shape index (κ2) is 8.19. The van der Waals surface area contributed by atoms with E-state index in [0.717, 1.165) is 29.3 Å². The van der Waals surface area contributed by atoms with E-state index in [0.29, 0.717) is 11.7 Å². The monoisotopic (exact) mass is 317 g/mol. The summed E-state index contributed by atoms with van der Waals surface area (Å²) < 4.78 is 10.7. The highest BCUT2D eigenvalue weighted by atomic mass is 32.1.